The van der Waals surface area contributed by atoms with Gasteiger partial charge in [0.15, 0.2) is 0 Å². The van der Waals surface area contributed by atoms with Crippen LogP contribution in [0.4, 0.5) is 0 Å². The second-order valence-corrected chi connectivity index (χ2v) is 7.80. The standard InChI is InChI=1S/C19H28BrN/c20-17-13-11-16(12-14-17)15-21(18-7-3-1-4-8-18)19-9-5-2-6-10-19/h11-14,18-19H,1-10,15H2. The highest BCUT2D eigenvalue weighted by atomic mass is 79.9. The van der Waals surface area contributed by atoms with Crippen LogP contribution in [0.3, 0.4) is 0 Å². The Morgan fingerprint density at radius 2 is 1.24 bits per heavy atom. The molecule has 0 heterocycles. The molecule has 2 fully saturated rings. The van der Waals surface area contributed by atoms with Crippen LogP contribution in [0.1, 0.15) is 69.8 Å². The summed E-state index contributed by atoms with van der Waals surface area (Å²) in [5, 5.41) is 0. The summed E-state index contributed by atoms with van der Waals surface area (Å²) in [4.78, 5) is 2.88. The molecule has 0 saturated heterocycles. The summed E-state index contributed by atoms with van der Waals surface area (Å²) in [5.41, 5.74) is 1.48. The van der Waals surface area contributed by atoms with Gasteiger partial charge in [0, 0.05) is 23.1 Å². The van der Waals surface area contributed by atoms with E-state index in [1.165, 1.54) is 74.2 Å². The van der Waals surface area contributed by atoms with Gasteiger partial charge in [0.2, 0.25) is 0 Å². The van der Waals surface area contributed by atoms with Crippen molar-refractivity contribution in [3.63, 3.8) is 0 Å². The zero-order valence-electron chi connectivity index (χ0n) is 13.1. The van der Waals surface area contributed by atoms with Gasteiger partial charge in [0.1, 0.15) is 0 Å². The average Bonchev–Trinajstić information content (AvgIpc) is 2.56. The van der Waals surface area contributed by atoms with Gasteiger partial charge in [-0.1, -0.05) is 66.6 Å². The van der Waals surface area contributed by atoms with Crippen LogP contribution >= 0.6 is 15.9 Å². The zero-order valence-corrected chi connectivity index (χ0v) is 14.7. The van der Waals surface area contributed by atoms with E-state index in [9.17, 15) is 0 Å². The molecule has 2 aliphatic carbocycles. The Balaban J connectivity index is 1.72. The first-order chi connectivity index (χ1) is 10.3. The molecule has 2 aliphatic rings. The summed E-state index contributed by atoms with van der Waals surface area (Å²) in [6.45, 7) is 1.16. The molecule has 1 nitrogen and oxygen atoms in total. The van der Waals surface area contributed by atoms with E-state index in [2.05, 4.69) is 45.1 Å². The van der Waals surface area contributed by atoms with Gasteiger partial charge in [-0.2, -0.15) is 0 Å². The maximum Gasteiger partial charge on any atom is 0.0239 e. The Morgan fingerprint density at radius 1 is 0.762 bits per heavy atom. The van der Waals surface area contributed by atoms with Gasteiger partial charge in [-0.05, 0) is 43.4 Å². The summed E-state index contributed by atoms with van der Waals surface area (Å²) in [6, 6.07) is 10.6. The molecule has 2 heteroatoms. The first-order valence-corrected chi connectivity index (χ1v) is 9.62. The van der Waals surface area contributed by atoms with E-state index in [4.69, 9.17) is 0 Å². The van der Waals surface area contributed by atoms with Crippen molar-refractivity contribution in [3.8, 4) is 0 Å². The minimum absolute atomic E-state index is 0.838. The third-order valence-corrected chi connectivity index (χ3v) is 5.89. The number of hydrogen-bond acceptors (Lipinski definition) is 1. The SMILES string of the molecule is Brc1ccc(CN(C2CCCCC2)C2CCCCC2)cc1. The molecule has 0 unspecified atom stereocenters. The Morgan fingerprint density at radius 3 is 1.71 bits per heavy atom. The molecule has 0 N–H and O–H groups in total. The monoisotopic (exact) mass is 349 g/mol. The van der Waals surface area contributed by atoms with E-state index < -0.39 is 0 Å². The predicted molar refractivity (Wildman–Crippen MR) is 93.4 cm³/mol. The van der Waals surface area contributed by atoms with Crippen LogP contribution in [-0.2, 0) is 6.54 Å². The fourth-order valence-electron chi connectivity index (χ4n) is 4.18. The number of rotatable bonds is 4. The smallest absolute Gasteiger partial charge is 0.0239 e. The van der Waals surface area contributed by atoms with Crippen LogP contribution in [0, 0.1) is 0 Å². The Hall–Kier alpha value is -0.340. The molecular formula is C19H28BrN. The maximum absolute atomic E-state index is 3.55. The Kier molecular flexibility index (Phi) is 5.76. The molecule has 21 heavy (non-hydrogen) atoms. The first kappa shape index (κ1) is 15.6. The summed E-state index contributed by atoms with van der Waals surface area (Å²) in [6.07, 6.45) is 14.4. The predicted octanol–water partition coefficient (Wildman–Crippen LogP) is 5.92. The molecule has 116 valence electrons. The summed E-state index contributed by atoms with van der Waals surface area (Å²) in [7, 11) is 0. The summed E-state index contributed by atoms with van der Waals surface area (Å²) in [5.74, 6) is 0. The van der Waals surface area contributed by atoms with Crippen molar-refractivity contribution in [2.24, 2.45) is 0 Å². The largest absolute Gasteiger partial charge is 0.293 e. The fourth-order valence-corrected chi connectivity index (χ4v) is 4.45. The molecule has 0 aromatic heterocycles. The highest BCUT2D eigenvalue weighted by Gasteiger charge is 2.28. The lowest BCUT2D eigenvalue weighted by atomic mass is 9.88. The highest BCUT2D eigenvalue weighted by Crippen LogP contribution is 2.31. The topological polar surface area (TPSA) is 3.24 Å². The van der Waals surface area contributed by atoms with E-state index in [1.54, 1.807) is 0 Å². The lowest BCUT2D eigenvalue weighted by molar-refractivity contribution is 0.0731. The quantitative estimate of drug-likeness (QED) is 0.652. The minimum Gasteiger partial charge on any atom is -0.293 e. The summed E-state index contributed by atoms with van der Waals surface area (Å²) < 4.78 is 1.19. The number of halogens is 1. The minimum atomic E-state index is 0.838. The molecule has 0 bridgehead atoms. The molecule has 0 amide bonds. The van der Waals surface area contributed by atoms with Gasteiger partial charge < -0.3 is 0 Å². The van der Waals surface area contributed by atoms with E-state index in [1.807, 2.05) is 0 Å². The van der Waals surface area contributed by atoms with Crippen LogP contribution in [-0.4, -0.2) is 17.0 Å². The van der Waals surface area contributed by atoms with Crippen molar-refractivity contribution in [1.29, 1.82) is 0 Å². The number of hydrogen-bond donors (Lipinski definition) is 0. The molecule has 1 aromatic rings. The maximum atomic E-state index is 3.55. The molecule has 2 saturated carbocycles. The molecule has 0 spiro atoms. The van der Waals surface area contributed by atoms with Gasteiger partial charge in [-0.15, -0.1) is 0 Å². The second kappa shape index (κ2) is 7.78. The first-order valence-electron chi connectivity index (χ1n) is 8.83. The molecule has 1 aromatic carbocycles. The fraction of sp³-hybridized carbons (Fsp3) is 0.684. The second-order valence-electron chi connectivity index (χ2n) is 6.88. The van der Waals surface area contributed by atoms with E-state index in [0.29, 0.717) is 0 Å². The van der Waals surface area contributed by atoms with Crippen LogP contribution < -0.4 is 0 Å². The van der Waals surface area contributed by atoms with Gasteiger partial charge >= 0.3 is 0 Å². The highest BCUT2D eigenvalue weighted by molar-refractivity contribution is 9.10. The van der Waals surface area contributed by atoms with Crippen LogP contribution in [0.25, 0.3) is 0 Å². The number of benzene rings is 1. The van der Waals surface area contributed by atoms with Crippen molar-refractivity contribution >= 4 is 15.9 Å². The van der Waals surface area contributed by atoms with Gasteiger partial charge in [0.25, 0.3) is 0 Å². The van der Waals surface area contributed by atoms with Gasteiger partial charge in [-0.25, -0.2) is 0 Å². The lowest BCUT2D eigenvalue weighted by Crippen LogP contribution is -2.44. The molecular weight excluding hydrogens is 322 g/mol. The molecule has 0 atom stereocenters. The van der Waals surface area contributed by atoms with E-state index in [-0.39, 0.29) is 0 Å². The van der Waals surface area contributed by atoms with E-state index in [0.717, 1.165) is 18.6 Å². The van der Waals surface area contributed by atoms with Crippen LogP contribution in [0.15, 0.2) is 28.7 Å². The Labute approximate surface area is 138 Å². The van der Waals surface area contributed by atoms with Crippen molar-refractivity contribution in [2.75, 3.05) is 0 Å². The number of nitrogens with zero attached hydrogens (tertiary/aromatic N) is 1. The third kappa shape index (κ3) is 4.32. The van der Waals surface area contributed by atoms with Gasteiger partial charge in [-0.3, -0.25) is 4.90 Å². The van der Waals surface area contributed by atoms with Crippen molar-refractivity contribution in [2.45, 2.75) is 82.8 Å². The van der Waals surface area contributed by atoms with Crippen LogP contribution in [0.5, 0.6) is 0 Å². The average molecular weight is 350 g/mol. The molecule has 0 aliphatic heterocycles. The Bertz CT molecular complexity index is 398. The molecule has 3 rings (SSSR count). The van der Waals surface area contributed by atoms with Crippen molar-refractivity contribution in [1.82, 2.24) is 4.90 Å². The van der Waals surface area contributed by atoms with Crippen molar-refractivity contribution < 1.29 is 0 Å². The zero-order chi connectivity index (χ0) is 14.5. The van der Waals surface area contributed by atoms with Crippen LogP contribution in [0.2, 0.25) is 0 Å². The summed E-state index contributed by atoms with van der Waals surface area (Å²) >= 11 is 3.55. The third-order valence-electron chi connectivity index (χ3n) is 5.37. The van der Waals surface area contributed by atoms with Gasteiger partial charge in [0.05, 0.1) is 0 Å². The van der Waals surface area contributed by atoms with E-state index >= 15 is 0 Å². The lowest BCUT2D eigenvalue weighted by Gasteiger charge is -2.41. The molecule has 0 radical (unpaired) electrons. The van der Waals surface area contributed by atoms with Crippen molar-refractivity contribution in [3.05, 3.63) is 34.3 Å². The normalized spacial score (nSPS) is 21.8.